The lowest BCUT2D eigenvalue weighted by atomic mass is 10.2. The van der Waals surface area contributed by atoms with Gasteiger partial charge in [-0.3, -0.25) is 0 Å². The number of ether oxygens (including phenoxy) is 1. The summed E-state index contributed by atoms with van der Waals surface area (Å²) < 4.78 is 16.4. The molecule has 2 aromatic heterocycles. The SMILES string of the molecule is COc1ccc(-c2nnc(C(C)Sc3nnc(CSC)o3)o2)cc1. The number of rotatable bonds is 7. The first-order chi connectivity index (χ1) is 11.7. The number of aromatic nitrogens is 4. The van der Waals surface area contributed by atoms with Crippen molar-refractivity contribution in [2.75, 3.05) is 13.4 Å². The molecule has 1 unspecified atom stereocenters. The average molecular weight is 364 g/mol. The summed E-state index contributed by atoms with van der Waals surface area (Å²) in [7, 11) is 1.63. The summed E-state index contributed by atoms with van der Waals surface area (Å²) >= 11 is 3.02. The van der Waals surface area contributed by atoms with Crippen molar-refractivity contribution in [2.45, 2.75) is 23.1 Å². The number of hydrogen-bond donors (Lipinski definition) is 0. The molecule has 0 aliphatic carbocycles. The summed E-state index contributed by atoms with van der Waals surface area (Å²) in [6, 6.07) is 7.45. The van der Waals surface area contributed by atoms with Gasteiger partial charge in [0.2, 0.25) is 17.7 Å². The fourth-order valence-corrected chi connectivity index (χ4v) is 3.01. The molecule has 0 amide bonds. The number of nitrogens with zero attached hydrogens (tertiary/aromatic N) is 4. The normalized spacial score (nSPS) is 12.3. The van der Waals surface area contributed by atoms with Gasteiger partial charge in [-0.15, -0.1) is 20.4 Å². The van der Waals surface area contributed by atoms with E-state index in [9.17, 15) is 0 Å². The lowest BCUT2D eigenvalue weighted by Crippen LogP contribution is -1.88. The molecule has 0 radical (unpaired) electrons. The minimum Gasteiger partial charge on any atom is -0.497 e. The lowest BCUT2D eigenvalue weighted by molar-refractivity contribution is 0.415. The van der Waals surface area contributed by atoms with Crippen molar-refractivity contribution in [2.24, 2.45) is 0 Å². The molecule has 24 heavy (non-hydrogen) atoms. The molecule has 0 fully saturated rings. The third-order valence-corrected chi connectivity index (χ3v) is 4.58. The van der Waals surface area contributed by atoms with E-state index in [-0.39, 0.29) is 5.25 Å². The Bertz CT molecular complexity index is 788. The fourth-order valence-electron chi connectivity index (χ4n) is 1.92. The number of benzene rings is 1. The minimum absolute atomic E-state index is 0.0907. The molecule has 7 nitrogen and oxygen atoms in total. The summed E-state index contributed by atoms with van der Waals surface area (Å²) in [5.41, 5.74) is 0.840. The van der Waals surface area contributed by atoms with Gasteiger partial charge in [-0.2, -0.15) is 11.8 Å². The molecule has 9 heteroatoms. The van der Waals surface area contributed by atoms with E-state index in [0.717, 1.165) is 11.3 Å². The maximum Gasteiger partial charge on any atom is 0.277 e. The third-order valence-electron chi connectivity index (χ3n) is 3.12. The summed E-state index contributed by atoms with van der Waals surface area (Å²) in [6.07, 6.45) is 1.98. The zero-order valence-electron chi connectivity index (χ0n) is 13.4. The Kier molecular flexibility index (Phi) is 5.41. The van der Waals surface area contributed by atoms with E-state index in [4.69, 9.17) is 13.6 Å². The van der Waals surface area contributed by atoms with E-state index in [1.165, 1.54) is 11.8 Å². The van der Waals surface area contributed by atoms with E-state index < -0.39 is 0 Å². The van der Waals surface area contributed by atoms with Crippen LogP contribution >= 0.6 is 23.5 Å². The second-order valence-corrected chi connectivity index (χ2v) is 6.99. The van der Waals surface area contributed by atoms with Gasteiger partial charge in [0.05, 0.1) is 18.1 Å². The number of methoxy groups -OCH3 is 1. The quantitative estimate of drug-likeness (QED) is 0.580. The maximum absolute atomic E-state index is 5.75. The molecule has 126 valence electrons. The second-order valence-electron chi connectivity index (χ2n) is 4.83. The Labute approximate surface area is 147 Å². The lowest BCUT2D eigenvalue weighted by Gasteiger charge is -2.02. The molecule has 0 bridgehead atoms. The maximum atomic E-state index is 5.75. The predicted octanol–water partition coefficient (Wildman–Crippen LogP) is 3.84. The highest BCUT2D eigenvalue weighted by molar-refractivity contribution is 7.99. The molecule has 3 aromatic rings. The number of thioether (sulfide) groups is 2. The average Bonchev–Trinajstić information content (AvgIpc) is 3.25. The van der Waals surface area contributed by atoms with Crippen molar-refractivity contribution in [1.29, 1.82) is 0 Å². The zero-order valence-corrected chi connectivity index (χ0v) is 15.1. The largest absolute Gasteiger partial charge is 0.497 e. The predicted molar refractivity (Wildman–Crippen MR) is 92.1 cm³/mol. The molecule has 0 aliphatic rings. The van der Waals surface area contributed by atoms with Crippen LogP contribution in [0.25, 0.3) is 11.5 Å². The molecule has 0 aliphatic heterocycles. The van der Waals surface area contributed by atoms with Gasteiger partial charge < -0.3 is 13.6 Å². The Morgan fingerprint density at radius 1 is 1.08 bits per heavy atom. The second kappa shape index (κ2) is 7.71. The van der Waals surface area contributed by atoms with Crippen LogP contribution in [0, 0.1) is 0 Å². The van der Waals surface area contributed by atoms with Crippen LogP contribution in [-0.4, -0.2) is 33.8 Å². The smallest absolute Gasteiger partial charge is 0.277 e. The van der Waals surface area contributed by atoms with E-state index >= 15 is 0 Å². The van der Waals surface area contributed by atoms with Crippen molar-refractivity contribution in [3.63, 3.8) is 0 Å². The highest BCUT2D eigenvalue weighted by atomic mass is 32.2. The van der Waals surface area contributed by atoms with Crippen molar-refractivity contribution >= 4 is 23.5 Å². The molecular formula is C15H16N4O3S2. The summed E-state index contributed by atoms with van der Waals surface area (Å²) in [4.78, 5) is 0. The van der Waals surface area contributed by atoms with Crippen LogP contribution in [0.5, 0.6) is 5.75 Å². The van der Waals surface area contributed by atoms with Gasteiger partial charge in [-0.25, -0.2) is 0 Å². The molecule has 1 aromatic carbocycles. The van der Waals surface area contributed by atoms with Gasteiger partial charge in [0, 0.05) is 5.56 Å². The van der Waals surface area contributed by atoms with E-state index in [0.29, 0.717) is 28.6 Å². The summed E-state index contributed by atoms with van der Waals surface area (Å²) in [5.74, 6) is 3.06. The first-order valence-electron chi connectivity index (χ1n) is 7.15. The topological polar surface area (TPSA) is 87.1 Å². The first kappa shape index (κ1) is 16.8. The molecule has 2 heterocycles. The van der Waals surface area contributed by atoms with Crippen LogP contribution in [-0.2, 0) is 5.75 Å². The van der Waals surface area contributed by atoms with Crippen LogP contribution in [0.2, 0.25) is 0 Å². The van der Waals surface area contributed by atoms with Gasteiger partial charge in [0.25, 0.3) is 5.22 Å². The molecule has 3 rings (SSSR count). The zero-order chi connectivity index (χ0) is 16.9. The molecule has 1 atom stereocenters. The van der Waals surface area contributed by atoms with Crippen LogP contribution in [0.15, 0.2) is 38.3 Å². The fraction of sp³-hybridized carbons (Fsp3) is 0.333. The van der Waals surface area contributed by atoms with E-state index in [2.05, 4.69) is 20.4 Å². The first-order valence-corrected chi connectivity index (χ1v) is 9.42. The third kappa shape index (κ3) is 3.90. The Morgan fingerprint density at radius 2 is 1.88 bits per heavy atom. The number of hydrogen-bond acceptors (Lipinski definition) is 9. The minimum atomic E-state index is -0.0907. The van der Waals surface area contributed by atoms with Crippen molar-refractivity contribution in [3.8, 4) is 17.2 Å². The summed E-state index contributed by atoms with van der Waals surface area (Å²) in [5, 5.41) is 16.6. The van der Waals surface area contributed by atoms with E-state index in [1.807, 2.05) is 37.4 Å². The molecule has 0 saturated heterocycles. The van der Waals surface area contributed by atoms with Crippen molar-refractivity contribution < 1.29 is 13.6 Å². The van der Waals surface area contributed by atoms with Crippen LogP contribution in [0.4, 0.5) is 0 Å². The highest BCUT2D eigenvalue weighted by Gasteiger charge is 2.19. The van der Waals surface area contributed by atoms with Gasteiger partial charge in [0.15, 0.2) is 0 Å². The Balaban J connectivity index is 1.69. The van der Waals surface area contributed by atoms with Crippen LogP contribution in [0.1, 0.15) is 24.0 Å². The van der Waals surface area contributed by atoms with Gasteiger partial charge >= 0.3 is 0 Å². The monoisotopic (exact) mass is 364 g/mol. The van der Waals surface area contributed by atoms with E-state index in [1.54, 1.807) is 18.9 Å². The highest BCUT2D eigenvalue weighted by Crippen LogP contribution is 2.34. The van der Waals surface area contributed by atoms with Crippen LogP contribution < -0.4 is 4.74 Å². The van der Waals surface area contributed by atoms with Crippen LogP contribution in [0.3, 0.4) is 0 Å². The molecule has 0 saturated carbocycles. The Morgan fingerprint density at radius 3 is 2.58 bits per heavy atom. The Hall–Kier alpha value is -2.00. The van der Waals surface area contributed by atoms with Gasteiger partial charge in [-0.1, -0.05) is 11.8 Å². The van der Waals surface area contributed by atoms with Crippen molar-refractivity contribution in [1.82, 2.24) is 20.4 Å². The van der Waals surface area contributed by atoms with Crippen molar-refractivity contribution in [3.05, 3.63) is 36.0 Å². The van der Waals surface area contributed by atoms with Gasteiger partial charge in [-0.05, 0) is 37.4 Å². The summed E-state index contributed by atoms with van der Waals surface area (Å²) in [6.45, 7) is 1.95. The molecule has 0 N–H and O–H groups in total. The molecule has 0 spiro atoms. The molecular weight excluding hydrogens is 348 g/mol. The van der Waals surface area contributed by atoms with Gasteiger partial charge in [0.1, 0.15) is 5.75 Å². The standard InChI is InChI=1S/C15H16N4O3S2/c1-9(24-15-19-16-12(21-15)8-23-3)13-17-18-14(22-13)10-4-6-11(20-2)7-5-10/h4-7,9H,8H2,1-3H3.